The quantitative estimate of drug-likeness (QED) is 0.492. The molecule has 0 amide bonds. The molecule has 0 spiro atoms. The first-order valence-electron chi connectivity index (χ1n) is 6.49. The number of anilines is 1. The topological polar surface area (TPSA) is 76.1 Å². The van der Waals surface area contributed by atoms with Gasteiger partial charge in [0.2, 0.25) is 0 Å². The van der Waals surface area contributed by atoms with E-state index >= 15 is 0 Å². The molecule has 0 aliphatic carbocycles. The smallest absolute Gasteiger partial charge is 0.339 e. The van der Waals surface area contributed by atoms with Gasteiger partial charge < -0.3 is 10.5 Å². The molecule has 1 rings (SSSR count). The third kappa shape index (κ3) is 5.10. The highest BCUT2D eigenvalue weighted by Crippen LogP contribution is 2.22. The maximum absolute atomic E-state index is 11.8. The molecular formula is C15H19ClN2O2. The van der Waals surface area contributed by atoms with Crippen molar-refractivity contribution in [3.8, 4) is 6.07 Å². The number of ether oxygens (including phenoxy) is 1. The van der Waals surface area contributed by atoms with Crippen LogP contribution in [0.2, 0.25) is 5.02 Å². The van der Waals surface area contributed by atoms with Gasteiger partial charge in [-0.05, 0) is 51.3 Å². The number of carbonyl (C=O) groups excluding carboxylic acids is 1. The van der Waals surface area contributed by atoms with Crippen molar-refractivity contribution >= 4 is 23.3 Å². The number of benzene rings is 1. The van der Waals surface area contributed by atoms with Crippen LogP contribution in [0.4, 0.5) is 5.69 Å². The number of unbranched alkanes of at least 4 members (excludes halogenated alkanes) is 1. The van der Waals surface area contributed by atoms with E-state index in [4.69, 9.17) is 27.3 Å². The second kappa shape index (κ2) is 7.16. The van der Waals surface area contributed by atoms with Crippen LogP contribution in [0, 0.1) is 16.7 Å². The van der Waals surface area contributed by atoms with E-state index < -0.39 is 5.97 Å². The molecule has 0 bridgehead atoms. The number of nitriles is 1. The Morgan fingerprint density at radius 3 is 2.75 bits per heavy atom. The van der Waals surface area contributed by atoms with Crippen molar-refractivity contribution in [2.75, 3.05) is 12.3 Å². The van der Waals surface area contributed by atoms with Crippen molar-refractivity contribution in [3.05, 3.63) is 28.8 Å². The highest BCUT2D eigenvalue weighted by Gasteiger charge is 2.16. The first-order chi connectivity index (χ1) is 9.35. The minimum Gasteiger partial charge on any atom is -0.462 e. The number of hydrogen-bond donors (Lipinski definition) is 1. The molecule has 0 aliphatic rings. The Hall–Kier alpha value is -1.73. The molecule has 0 unspecified atom stereocenters. The van der Waals surface area contributed by atoms with Crippen molar-refractivity contribution < 1.29 is 9.53 Å². The molecule has 0 fully saturated rings. The van der Waals surface area contributed by atoms with Crippen LogP contribution >= 0.6 is 11.6 Å². The van der Waals surface area contributed by atoms with Gasteiger partial charge in [-0.15, -0.1) is 0 Å². The third-order valence-electron chi connectivity index (χ3n) is 2.94. The normalized spacial score (nSPS) is 10.9. The van der Waals surface area contributed by atoms with Crippen LogP contribution in [-0.2, 0) is 4.74 Å². The number of nitrogens with two attached hydrogens (primary N) is 1. The van der Waals surface area contributed by atoms with Gasteiger partial charge in [-0.25, -0.2) is 4.79 Å². The van der Waals surface area contributed by atoms with Gasteiger partial charge in [0.05, 0.1) is 28.7 Å². The van der Waals surface area contributed by atoms with Gasteiger partial charge >= 0.3 is 5.97 Å². The van der Waals surface area contributed by atoms with Crippen LogP contribution in [0.1, 0.15) is 43.5 Å². The number of hydrogen-bond acceptors (Lipinski definition) is 4. The molecule has 4 nitrogen and oxygen atoms in total. The van der Waals surface area contributed by atoms with E-state index in [1.807, 2.05) is 13.8 Å². The average Bonchev–Trinajstić information content (AvgIpc) is 2.38. The number of esters is 1. The summed E-state index contributed by atoms with van der Waals surface area (Å²) >= 11 is 5.93. The van der Waals surface area contributed by atoms with Gasteiger partial charge in [0.1, 0.15) is 0 Å². The van der Waals surface area contributed by atoms with Gasteiger partial charge in [-0.2, -0.15) is 5.26 Å². The fraction of sp³-hybridized carbons (Fsp3) is 0.467. The second-order valence-electron chi connectivity index (χ2n) is 5.33. The first kappa shape index (κ1) is 16.3. The van der Waals surface area contributed by atoms with E-state index in [-0.39, 0.29) is 5.41 Å². The van der Waals surface area contributed by atoms with Crippen LogP contribution in [0.15, 0.2) is 18.2 Å². The fourth-order valence-corrected chi connectivity index (χ4v) is 1.93. The Morgan fingerprint density at radius 1 is 1.45 bits per heavy atom. The molecule has 5 heteroatoms. The molecule has 0 aromatic heterocycles. The summed E-state index contributed by atoms with van der Waals surface area (Å²) in [5.74, 6) is -0.449. The van der Waals surface area contributed by atoms with Crippen LogP contribution < -0.4 is 5.73 Å². The van der Waals surface area contributed by atoms with E-state index in [9.17, 15) is 4.79 Å². The third-order valence-corrected chi connectivity index (χ3v) is 3.26. The van der Waals surface area contributed by atoms with Gasteiger partial charge in [0.15, 0.2) is 0 Å². The lowest BCUT2D eigenvalue weighted by molar-refractivity contribution is 0.0496. The summed E-state index contributed by atoms with van der Waals surface area (Å²) in [6.07, 6.45) is 2.34. The number of nitrogens with zero attached hydrogens (tertiary/aromatic N) is 1. The number of carbonyl (C=O) groups is 1. The van der Waals surface area contributed by atoms with Crippen LogP contribution in [0.25, 0.3) is 0 Å². The van der Waals surface area contributed by atoms with Crippen molar-refractivity contribution in [2.24, 2.45) is 5.41 Å². The number of halogens is 1. The molecule has 0 radical (unpaired) electrons. The molecule has 0 aliphatic heterocycles. The standard InChI is InChI=1S/C15H19ClN2O2/c1-15(2,10-17)7-3-4-8-20-14(19)12-6-5-11(18)9-13(12)16/h5-6,9H,3-4,7-8,18H2,1-2H3. The van der Waals surface area contributed by atoms with E-state index in [1.165, 1.54) is 6.07 Å². The van der Waals surface area contributed by atoms with Crippen LogP contribution in [0.5, 0.6) is 0 Å². The van der Waals surface area contributed by atoms with Crippen molar-refractivity contribution in [1.82, 2.24) is 0 Å². The Balaban J connectivity index is 2.36. The minimum atomic E-state index is -0.449. The molecule has 0 saturated carbocycles. The first-order valence-corrected chi connectivity index (χ1v) is 6.87. The lowest BCUT2D eigenvalue weighted by atomic mass is 9.89. The summed E-state index contributed by atoms with van der Waals surface area (Å²) in [5, 5.41) is 9.17. The lowest BCUT2D eigenvalue weighted by Crippen LogP contribution is -2.10. The van der Waals surface area contributed by atoms with Crippen molar-refractivity contribution in [1.29, 1.82) is 5.26 Å². The summed E-state index contributed by atoms with van der Waals surface area (Å²) in [4.78, 5) is 11.8. The van der Waals surface area contributed by atoms with Crippen molar-refractivity contribution in [3.63, 3.8) is 0 Å². The van der Waals surface area contributed by atoms with E-state index in [0.717, 1.165) is 19.3 Å². The minimum absolute atomic E-state index is 0.292. The Bertz CT molecular complexity index is 521. The molecule has 1 aromatic rings. The lowest BCUT2D eigenvalue weighted by Gasteiger charge is -2.14. The summed E-state index contributed by atoms with van der Waals surface area (Å²) in [5.41, 5.74) is 6.05. The zero-order chi connectivity index (χ0) is 15.2. The predicted octanol–water partition coefficient (Wildman–Crippen LogP) is 3.80. The zero-order valence-electron chi connectivity index (χ0n) is 11.8. The number of rotatable bonds is 6. The Morgan fingerprint density at radius 2 is 2.15 bits per heavy atom. The molecule has 108 valence electrons. The summed E-state index contributed by atoms with van der Waals surface area (Å²) in [7, 11) is 0. The van der Waals surface area contributed by atoms with Gasteiger partial charge in [0, 0.05) is 5.69 Å². The summed E-state index contributed by atoms with van der Waals surface area (Å²) < 4.78 is 5.15. The van der Waals surface area contributed by atoms with E-state index in [1.54, 1.807) is 12.1 Å². The highest BCUT2D eigenvalue weighted by molar-refractivity contribution is 6.33. The SMILES string of the molecule is CC(C)(C#N)CCCCOC(=O)c1ccc(N)cc1Cl. The van der Waals surface area contributed by atoms with E-state index in [2.05, 4.69) is 6.07 Å². The largest absolute Gasteiger partial charge is 0.462 e. The Labute approximate surface area is 124 Å². The molecule has 2 N–H and O–H groups in total. The van der Waals surface area contributed by atoms with Crippen LogP contribution in [0.3, 0.4) is 0 Å². The predicted molar refractivity (Wildman–Crippen MR) is 79.4 cm³/mol. The van der Waals surface area contributed by atoms with E-state index in [0.29, 0.717) is 22.9 Å². The molecule has 0 heterocycles. The second-order valence-corrected chi connectivity index (χ2v) is 5.74. The molecule has 20 heavy (non-hydrogen) atoms. The average molecular weight is 295 g/mol. The van der Waals surface area contributed by atoms with Gasteiger partial charge in [-0.1, -0.05) is 11.6 Å². The summed E-state index contributed by atoms with van der Waals surface area (Å²) in [6.45, 7) is 4.11. The highest BCUT2D eigenvalue weighted by atomic mass is 35.5. The van der Waals surface area contributed by atoms with Gasteiger partial charge in [-0.3, -0.25) is 0 Å². The summed E-state index contributed by atoms with van der Waals surface area (Å²) in [6, 6.07) is 6.93. The Kier molecular flexibility index (Phi) is 5.84. The maximum atomic E-state index is 11.8. The zero-order valence-corrected chi connectivity index (χ0v) is 12.5. The fourth-order valence-electron chi connectivity index (χ4n) is 1.66. The molecule has 0 saturated heterocycles. The maximum Gasteiger partial charge on any atom is 0.339 e. The van der Waals surface area contributed by atoms with Crippen LogP contribution in [-0.4, -0.2) is 12.6 Å². The monoisotopic (exact) mass is 294 g/mol. The molecule has 1 aromatic carbocycles. The molecular weight excluding hydrogens is 276 g/mol. The number of nitrogen functional groups attached to an aromatic ring is 1. The molecule has 0 atom stereocenters. The van der Waals surface area contributed by atoms with Gasteiger partial charge in [0.25, 0.3) is 0 Å². The van der Waals surface area contributed by atoms with Crippen molar-refractivity contribution in [2.45, 2.75) is 33.1 Å².